The van der Waals surface area contributed by atoms with E-state index in [-0.39, 0.29) is 5.82 Å². The lowest BCUT2D eigenvalue weighted by atomic mass is 10.2. The van der Waals surface area contributed by atoms with Crippen LogP contribution in [-0.4, -0.2) is 48.1 Å². The lowest BCUT2D eigenvalue weighted by Crippen LogP contribution is -2.44. The Hall–Kier alpha value is -3.19. The number of halogens is 1. The SMILES string of the molecule is Cc1cc(Nc2ccc(N3CCN(C)CC3)cc2)nc(Nc2ccc(F)cc2)n1. The fourth-order valence-electron chi connectivity index (χ4n) is 3.32. The minimum absolute atomic E-state index is 0.275. The van der Waals surface area contributed by atoms with Crippen LogP contribution in [0.1, 0.15) is 5.69 Å². The lowest BCUT2D eigenvalue weighted by Gasteiger charge is -2.34. The van der Waals surface area contributed by atoms with Crippen molar-refractivity contribution in [2.24, 2.45) is 0 Å². The molecule has 4 rings (SSSR count). The Labute approximate surface area is 170 Å². The van der Waals surface area contributed by atoms with Gasteiger partial charge in [-0.15, -0.1) is 0 Å². The fraction of sp³-hybridized carbons (Fsp3) is 0.273. The van der Waals surface area contributed by atoms with Gasteiger partial charge in [-0.3, -0.25) is 0 Å². The standard InChI is InChI=1S/C22H25FN6/c1-16-15-21(27-22(24-16)26-19-5-3-17(23)4-6-19)25-18-7-9-20(10-8-18)29-13-11-28(2)12-14-29/h3-10,15H,11-14H2,1-2H3,(H2,24,25,26,27). The van der Waals surface area contributed by atoms with Crippen molar-refractivity contribution in [3.63, 3.8) is 0 Å². The summed E-state index contributed by atoms with van der Waals surface area (Å²) in [5.41, 5.74) is 3.77. The Balaban J connectivity index is 1.44. The highest BCUT2D eigenvalue weighted by Gasteiger charge is 2.14. The summed E-state index contributed by atoms with van der Waals surface area (Å²) in [6.45, 7) is 6.19. The zero-order valence-electron chi connectivity index (χ0n) is 16.7. The van der Waals surface area contributed by atoms with Crippen molar-refractivity contribution in [2.75, 3.05) is 48.8 Å². The Morgan fingerprint density at radius 2 is 1.45 bits per heavy atom. The molecule has 2 heterocycles. The number of benzene rings is 2. The Kier molecular flexibility index (Phi) is 5.57. The van der Waals surface area contributed by atoms with E-state index in [4.69, 9.17) is 0 Å². The van der Waals surface area contributed by atoms with Gasteiger partial charge in [-0.1, -0.05) is 0 Å². The molecule has 3 aromatic rings. The van der Waals surface area contributed by atoms with E-state index in [1.165, 1.54) is 17.8 Å². The number of nitrogens with zero attached hydrogens (tertiary/aromatic N) is 4. The third-order valence-corrected chi connectivity index (χ3v) is 4.96. The molecule has 0 radical (unpaired) electrons. The minimum Gasteiger partial charge on any atom is -0.369 e. The number of nitrogens with one attached hydrogen (secondary N) is 2. The van der Waals surface area contributed by atoms with Crippen LogP contribution in [0.25, 0.3) is 0 Å². The summed E-state index contributed by atoms with van der Waals surface area (Å²) in [5.74, 6) is 0.894. The van der Waals surface area contributed by atoms with Gasteiger partial charge in [0.25, 0.3) is 0 Å². The molecule has 0 bridgehead atoms. The summed E-state index contributed by atoms with van der Waals surface area (Å²) < 4.78 is 13.1. The van der Waals surface area contributed by atoms with Crippen LogP contribution in [0.4, 0.5) is 33.2 Å². The maximum absolute atomic E-state index is 13.1. The largest absolute Gasteiger partial charge is 0.369 e. The van der Waals surface area contributed by atoms with Gasteiger partial charge in [0.05, 0.1) is 0 Å². The number of likely N-dealkylation sites (N-methyl/N-ethyl adjacent to an activating group) is 1. The first-order chi connectivity index (χ1) is 14.0. The fourth-order valence-corrected chi connectivity index (χ4v) is 3.32. The molecule has 1 fully saturated rings. The molecule has 1 aromatic heterocycles. The van der Waals surface area contributed by atoms with E-state index in [0.29, 0.717) is 11.8 Å². The van der Waals surface area contributed by atoms with Crippen molar-refractivity contribution in [1.82, 2.24) is 14.9 Å². The molecule has 150 valence electrons. The van der Waals surface area contributed by atoms with Crippen molar-refractivity contribution in [2.45, 2.75) is 6.92 Å². The van der Waals surface area contributed by atoms with Gasteiger partial charge in [0.15, 0.2) is 0 Å². The number of hydrogen-bond donors (Lipinski definition) is 2. The molecule has 1 saturated heterocycles. The number of aryl methyl sites for hydroxylation is 1. The second-order valence-electron chi connectivity index (χ2n) is 7.31. The molecule has 2 N–H and O–H groups in total. The summed E-state index contributed by atoms with van der Waals surface area (Å²) >= 11 is 0. The third-order valence-electron chi connectivity index (χ3n) is 4.96. The molecular formula is C22H25FN6. The van der Waals surface area contributed by atoms with Crippen molar-refractivity contribution in [3.8, 4) is 0 Å². The van der Waals surface area contributed by atoms with E-state index in [1.54, 1.807) is 12.1 Å². The molecule has 0 atom stereocenters. The van der Waals surface area contributed by atoms with Crippen LogP contribution in [0.5, 0.6) is 0 Å². The Bertz CT molecular complexity index is 950. The average Bonchev–Trinajstić information content (AvgIpc) is 2.71. The normalized spacial score (nSPS) is 14.7. The van der Waals surface area contributed by atoms with Crippen molar-refractivity contribution < 1.29 is 4.39 Å². The van der Waals surface area contributed by atoms with Gasteiger partial charge in [-0.2, -0.15) is 4.98 Å². The van der Waals surface area contributed by atoms with E-state index < -0.39 is 0 Å². The van der Waals surface area contributed by atoms with Gasteiger partial charge in [0.1, 0.15) is 11.6 Å². The molecular weight excluding hydrogens is 367 g/mol. The molecule has 0 saturated carbocycles. The highest BCUT2D eigenvalue weighted by molar-refractivity contribution is 5.63. The summed E-state index contributed by atoms with van der Waals surface area (Å²) in [7, 11) is 2.16. The molecule has 6 nitrogen and oxygen atoms in total. The number of rotatable bonds is 5. The quantitative estimate of drug-likeness (QED) is 0.680. The van der Waals surface area contributed by atoms with Crippen molar-refractivity contribution in [3.05, 3.63) is 66.1 Å². The van der Waals surface area contributed by atoms with E-state index in [2.05, 4.69) is 61.7 Å². The summed E-state index contributed by atoms with van der Waals surface area (Å²) in [6.07, 6.45) is 0. The van der Waals surface area contributed by atoms with Crippen molar-refractivity contribution >= 4 is 28.8 Å². The number of anilines is 5. The van der Waals surface area contributed by atoms with Gasteiger partial charge < -0.3 is 20.4 Å². The Morgan fingerprint density at radius 1 is 0.828 bits per heavy atom. The maximum Gasteiger partial charge on any atom is 0.229 e. The first-order valence-electron chi connectivity index (χ1n) is 9.74. The van der Waals surface area contributed by atoms with Crippen LogP contribution < -0.4 is 15.5 Å². The van der Waals surface area contributed by atoms with Crippen LogP contribution in [0, 0.1) is 12.7 Å². The van der Waals surface area contributed by atoms with E-state index >= 15 is 0 Å². The molecule has 1 aliphatic rings. The highest BCUT2D eigenvalue weighted by Crippen LogP contribution is 2.23. The predicted octanol–water partition coefficient (Wildman–Crippen LogP) is 4.16. The smallest absolute Gasteiger partial charge is 0.229 e. The van der Waals surface area contributed by atoms with Crippen LogP contribution >= 0.6 is 0 Å². The molecule has 7 heteroatoms. The Morgan fingerprint density at radius 3 is 2.14 bits per heavy atom. The van der Waals surface area contributed by atoms with Gasteiger partial charge >= 0.3 is 0 Å². The maximum atomic E-state index is 13.1. The number of aromatic nitrogens is 2. The predicted molar refractivity (Wildman–Crippen MR) is 116 cm³/mol. The highest BCUT2D eigenvalue weighted by atomic mass is 19.1. The average molecular weight is 392 g/mol. The molecule has 0 spiro atoms. The lowest BCUT2D eigenvalue weighted by molar-refractivity contribution is 0.313. The molecule has 29 heavy (non-hydrogen) atoms. The van der Waals surface area contributed by atoms with Crippen LogP contribution in [-0.2, 0) is 0 Å². The first-order valence-corrected chi connectivity index (χ1v) is 9.74. The number of piperazine rings is 1. The summed E-state index contributed by atoms with van der Waals surface area (Å²) in [4.78, 5) is 13.7. The molecule has 0 amide bonds. The monoisotopic (exact) mass is 392 g/mol. The van der Waals surface area contributed by atoms with Gasteiger partial charge in [-0.05, 0) is 62.5 Å². The first kappa shape index (κ1) is 19.1. The summed E-state index contributed by atoms with van der Waals surface area (Å²) in [6, 6.07) is 16.4. The molecule has 1 aliphatic heterocycles. The van der Waals surface area contributed by atoms with Crippen LogP contribution in [0.3, 0.4) is 0 Å². The zero-order chi connectivity index (χ0) is 20.2. The summed E-state index contributed by atoms with van der Waals surface area (Å²) in [5, 5.41) is 6.45. The van der Waals surface area contributed by atoms with E-state index in [9.17, 15) is 4.39 Å². The number of hydrogen-bond acceptors (Lipinski definition) is 6. The molecule has 0 unspecified atom stereocenters. The molecule has 2 aromatic carbocycles. The second-order valence-corrected chi connectivity index (χ2v) is 7.31. The third kappa shape index (κ3) is 5.00. The van der Waals surface area contributed by atoms with Crippen molar-refractivity contribution in [1.29, 1.82) is 0 Å². The minimum atomic E-state index is -0.275. The van der Waals surface area contributed by atoms with Crippen LogP contribution in [0.2, 0.25) is 0 Å². The van der Waals surface area contributed by atoms with E-state index in [0.717, 1.165) is 43.2 Å². The second kappa shape index (κ2) is 8.45. The van der Waals surface area contributed by atoms with Gasteiger partial charge in [0, 0.05) is 55.0 Å². The van der Waals surface area contributed by atoms with Crippen LogP contribution in [0.15, 0.2) is 54.6 Å². The zero-order valence-corrected chi connectivity index (χ0v) is 16.7. The van der Waals surface area contributed by atoms with Gasteiger partial charge in [0.2, 0.25) is 5.95 Å². The van der Waals surface area contributed by atoms with E-state index in [1.807, 2.05) is 13.0 Å². The van der Waals surface area contributed by atoms with Gasteiger partial charge in [-0.25, -0.2) is 9.37 Å². The topological polar surface area (TPSA) is 56.3 Å². The molecule has 0 aliphatic carbocycles.